The maximum absolute atomic E-state index is 12.2. The molecule has 0 radical (unpaired) electrons. The van der Waals surface area contributed by atoms with Crippen LogP contribution in [0, 0.1) is 0 Å². The first kappa shape index (κ1) is 13.4. The Balaban J connectivity index is 2.16. The number of nitrogens with two attached hydrogens (primary N) is 1. The van der Waals surface area contributed by atoms with Gasteiger partial charge >= 0.3 is 0 Å². The van der Waals surface area contributed by atoms with E-state index in [9.17, 15) is 9.59 Å². The Morgan fingerprint density at radius 2 is 2.19 bits per heavy atom. The Bertz CT molecular complexity index is 767. The van der Waals surface area contributed by atoms with E-state index in [-0.39, 0.29) is 35.6 Å². The molecule has 1 unspecified atom stereocenters. The number of hydrogen-bond donors (Lipinski definition) is 3. The van der Waals surface area contributed by atoms with Crippen molar-refractivity contribution in [3.63, 3.8) is 0 Å². The van der Waals surface area contributed by atoms with E-state index < -0.39 is 0 Å². The molecule has 0 fully saturated rings. The van der Waals surface area contributed by atoms with Crippen molar-refractivity contribution in [2.24, 2.45) is 0 Å². The van der Waals surface area contributed by atoms with Crippen LogP contribution in [0.15, 0.2) is 29.1 Å². The number of carbonyl (C=O) groups excluding carboxylic acids is 1. The quantitative estimate of drug-likeness (QED) is 0.775. The van der Waals surface area contributed by atoms with Crippen molar-refractivity contribution in [1.82, 2.24) is 9.97 Å². The molecule has 6 nitrogen and oxygen atoms in total. The van der Waals surface area contributed by atoms with E-state index in [1.807, 2.05) is 24.3 Å². The summed E-state index contributed by atoms with van der Waals surface area (Å²) >= 11 is 0. The molecule has 2 heterocycles. The largest absolute Gasteiger partial charge is 0.369 e. The number of aryl methyl sites for hydroxylation is 1. The lowest BCUT2D eigenvalue weighted by Crippen LogP contribution is -2.31. The van der Waals surface area contributed by atoms with E-state index in [0.717, 1.165) is 12.0 Å². The van der Waals surface area contributed by atoms with Crippen LogP contribution in [0.2, 0.25) is 0 Å². The zero-order chi connectivity index (χ0) is 15.0. The second-order valence-corrected chi connectivity index (χ2v) is 5.12. The summed E-state index contributed by atoms with van der Waals surface area (Å²) in [5.74, 6) is -0.189. The van der Waals surface area contributed by atoms with Gasteiger partial charge in [0.15, 0.2) is 0 Å². The van der Waals surface area contributed by atoms with Crippen LogP contribution in [0.25, 0.3) is 0 Å². The van der Waals surface area contributed by atoms with Crippen molar-refractivity contribution >= 4 is 17.7 Å². The molecular weight excluding hydrogens is 268 g/mol. The maximum Gasteiger partial charge on any atom is 0.258 e. The summed E-state index contributed by atoms with van der Waals surface area (Å²) in [6, 6.07) is 7.93. The number of amides is 1. The third-order valence-corrected chi connectivity index (χ3v) is 3.73. The number of anilines is 2. The zero-order valence-electron chi connectivity index (χ0n) is 11.6. The molecular formula is C15H16N4O2. The van der Waals surface area contributed by atoms with Crippen molar-refractivity contribution in [2.75, 3.05) is 11.1 Å². The molecule has 1 amide bonds. The van der Waals surface area contributed by atoms with Crippen LogP contribution in [-0.4, -0.2) is 15.9 Å². The van der Waals surface area contributed by atoms with Crippen molar-refractivity contribution in [3.8, 4) is 0 Å². The molecule has 1 aliphatic heterocycles. The summed E-state index contributed by atoms with van der Waals surface area (Å²) in [6.07, 6.45) is 1.13. The average molecular weight is 284 g/mol. The van der Waals surface area contributed by atoms with Crippen LogP contribution in [0.4, 0.5) is 11.8 Å². The second-order valence-electron chi connectivity index (χ2n) is 5.12. The monoisotopic (exact) mass is 284 g/mol. The number of carbonyl (C=O) groups is 1. The number of aromatic nitrogens is 2. The molecule has 1 aliphatic rings. The number of benzene rings is 1. The first-order chi connectivity index (χ1) is 10.1. The summed E-state index contributed by atoms with van der Waals surface area (Å²) in [5.41, 5.74) is 7.82. The fourth-order valence-corrected chi connectivity index (χ4v) is 2.70. The number of rotatable bonds is 2. The molecule has 0 aliphatic carbocycles. The topological polar surface area (TPSA) is 101 Å². The van der Waals surface area contributed by atoms with Crippen molar-refractivity contribution in [3.05, 3.63) is 51.3 Å². The predicted octanol–water partition coefficient (Wildman–Crippen LogP) is 1.39. The fraction of sp³-hybridized carbons (Fsp3) is 0.267. The summed E-state index contributed by atoms with van der Waals surface area (Å²) < 4.78 is 0. The number of aromatic amines is 1. The Morgan fingerprint density at radius 3 is 2.95 bits per heavy atom. The lowest BCUT2D eigenvalue weighted by molar-refractivity contribution is -0.116. The normalized spacial score (nSPS) is 17.2. The van der Waals surface area contributed by atoms with Crippen molar-refractivity contribution in [2.45, 2.75) is 25.7 Å². The minimum Gasteiger partial charge on any atom is -0.369 e. The number of nitrogens with one attached hydrogen (secondary N) is 2. The number of hydrogen-bond acceptors (Lipinski definition) is 4. The van der Waals surface area contributed by atoms with Crippen molar-refractivity contribution < 1.29 is 4.79 Å². The molecule has 0 saturated carbocycles. The lowest BCUT2D eigenvalue weighted by atomic mass is 9.86. The van der Waals surface area contributed by atoms with Crippen LogP contribution < -0.4 is 16.6 Å². The average Bonchev–Trinajstić information content (AvgIpc) is 2.45. The highest BCUT2D eigenvalue weighted by Crippen LogP contribution is 2.34. The van der Waals surface area contributed by atoms with Gasteiger partial charge in [-0.2, -0.15) is 4.98 Å². The Labute approximate surface area is 121 Å². The SMILES string of the molecule is CCc1cccc(C2CC(=O)Nc3nc(N)[nH]c(=O)c32)c1. The summed E-state index contributed by atoms with van der Waals surface area (Å²) in [6.45, 7) is 2.07. The lowest BCUT2D eigenvalue weighted by Gasteiger charge is -2.24. The number of H-pyrrole nitrogens is 1. The molecule has 108 valence electrons. The van der Waals surface area contributed by atoms with Crippen LogP contribution in [0.5, 0.6) is 0 Å². The molecule has 1 aromatic heterocycles. The van der Waals surface area contributed by atoms with Gasteiger partial charge in [-0.15, -0.1) is 0 Å². The molecule has 0 saturated heterocycles. The molecule has 1 atom stereocenters. The van der Waals surface area contributed by atoms with E-state index in [1.165, 1.54) is 5.56 Å². The molecule has 6 heteroatoms. The van der Waals surface area contributed by atoms with Gasteiger partial charge in [0.2, 0.25) is 11.9 Å². The third-order valence-electron chi connectivity index (χ3n) is 3.73. The first-order valence-electron chi connectivity index (χ1n) is 6.87. The number of nitrogen functional groups attached to an aromatic ring is 1. The van der Waals surface area contributed by atoms with Crippen LogP contribution in [-0.2, 0) is 11.2 Å². The van der Waals surface area contributed by atoms with Gasteiger partial charge in [-0.05, 0) is 17.5 Å². The van der Waals surface area contributed by atoms with E-state index >= 15 is 0 Å². The van der Waals surface area contributed by atoms with Gasteiger partial charge in [0.1, 0.15) is 5.82 Å². The zero-order valence-corrected chi connectivity index (χ0v) is 11.6. The van der Waals surface area contributed by atoms with Crippen molar-refractivity contribution in [1.29, 1.82) is 0 Å². The molecule has 1 aromatic carbocycles. The summed E-state index contributed by atoms with van der Waals surface area (Å²) in [4.78, 5) is 30.6. The Morgan fingerprint density at radius 1 is 1.38 bits per heavy atom. The van der Waals surface area contributed by atoms with Gasteiger partial charge in [0.05, 0.1) is 5.56 Å². The fourth-order valence-electron chi connectivity index (χ4n) is 2.70. The number of nitrogens with zero attached hydrogens (tertiary/aromatic N) is 1. The maximum atomic E-state index is 12.2. The molecule has 4 N–H and O–H groups in total. The summed E-state index contributed by atoms with van der Waals surface area (Å²) in [5, 5.41) is 2.62. The highest BCUT2D eigenvalue weighted by Gasteiger charge is 2.30. The molecule has 21 heavy (non-hydrogen) atoms. The van der Waals surface area contributed by atoms with Gasteiger partial charge in [-0.25, -0.2) is 0 Å². The van der Waals surface area contributed by atoms with Gasteiger partial charge < -0.3 is 11.1 Å². The summed E-state index contributed by atoms with van der Waals surface area (Å²) in [7, 11) is 0. The van der Waals surface area contributed by atoms with Gasteiger partial charge in [0, 0.05) is 12.3 Å². The highest BCUT2D eigenvalue weighted by atomic mass is 16.2. The molecule has 0 spiro atoms. The third kappa shape index (κ3) is 2.40. The van der Waals surface area contributed by atoms with E-state index in [2.05, 4.69) is 22.2 Å². The van der Waals surface area contributed by atoms with Gasteiger partial charge in [-0.1, -0.05) is 31.2 Å². The first-order valence-corrected chi connectivity index (χ1v) is 6.87. The number of fused-ring (bicyclic) bond motifs is 1. The van der Waals surface area contributed by atoms with Gasteiger partial charge in [-0.3, -0.25) is 14.6 Å². The predicted molar refractivity (Wildman–Crippen MR) is 80.2 cm³/mol. The molecule has 0 bridgehead atoms. The van der Waals surface area contributed by atoms with Gasteiger partial charge in [0.25, 0.3) is 5.56 Å². The second kappa shape index (κ2) is 5.05. The van der Waals surface area contributed by atoms with Crippen LogP contribution >= 0.6 is 0 Å². The van der Waals surface area contributed by atoms with E-state index in [4.69, 9.17) is 5.73 Å². The minimum atomic E-state index is -0.301. The Kier molecular flexibility index (Phi) is 3.21. The van der Waals surface area contributed by atoms with E-state index in [0.29, 0.717) is 5.56 Å². The van der Waals surface area contributed by atoms with E-state index in [1.54, 1.807) is 0 Å². The minimum absolute atomic E-state index is 0.00186. The molecule has 2 aromatic rings. The molecule has 3 rings (SSSR count). The van der Waals surface area contributed by atoms with Crippen LogP contribution in [0.1, 0.15) is 36.0 Å². The Hall–Kier alpha value is -2.63. The smallest absolute Gasteiger partial charge is 0.258 e. The van der Waals surface area contributed by atoms with Crippen LogP contribution in [0.3, 0.4) is 0 Å². The standard InChI is InChI=1S/C15H16N4O2/c1-2-8-4-3-5-9(6-8)10-7-11(20)17-13-12(10)14(21)19-15(16)18-13/h3-6,10H,2,7H2,1H3,(H4,16,17,18,19,20,21). The highest BCUT2D eigenvalue weighted by molar-refractivity contribution is 5.94.